The van der Waals surface area contributed by atoms with Crippen molar-refractivity contribution in [3.05, 3.63) is 69.8 Å². The van der Waals surface area contributed by atoms with E-state index in [2.05, 4.69) is 16.4 Å². The van der Waals surface area contributed by atoms with Crippen molar-refractivity contribution in [1.29, 1.82) is 5.26 Å². The lowest BCUT2D eigenvalue weighted by atomic mass is 9.67. The highest BCUT2D eigenvalue weighted by atomic mass is 16.2. The van der Waals surface area contributed by atoms with Crippen LogP contribution in [0.5, 0.6) is 0 Å². The minimum atomic E-state index is -0.880. The van der Waals surface area contributed by atoms with Crippen LogP contribution in [0.1, 0.15) is 69.2 Å². The average Bonchev–Trinajstić information content (AvgIpc) is 3.71. The third-order valence-electron chi connectivity index (χ3n) is 9.53. The largest absolute Gasteiger partial charge is 0.386 e. The van der Waals surface area contributed by atoms with E-state index in [1.807, 2.05) is 43.3 Å². The Morgan fingerprint density at radius 3 is 2.05 bits per heavy atom. The van der Waals surface area contributed by atoms with Crippen LogP contribution in [-0.4, -0.2) is 98.2 Å². The Morgan fingerprint density at radius 2 is 1.57 bits per heavy atom. The van der Waals surface area contributed by atoms with Gasteiger partial charge in [0.05, 0.1) is 18.0 Å². The van der Waals surface area contributed by atoms with Gasteiger partial charge in [0.25, 0.3) is 11.8 Å². The van der Waals surface area contributed by atoms with Crippen LogP contribution in [0.15, 0.2) is 41.4 Å². The fraction of sp³-hybridized carbons (Fsp3) is 0.500. The first-order valence-electron chi connectivity index (χ1n) is 15.3. The highest BCUT2D eigenvalue weighted by molar-refractivity contribution is 5.99. The number of amides is 3. The van der Waals surface area contributed by atoms with Gasteiger partial charge in [0, 0.05) is 58.4 Å². The van der Waals surface area contributed by atoms with Crippen LogP contribution in [0.3, 0.4) is 0 Å². The molecule has 2 fully saturated rings. The molecule has 4 atom stereocenters. The van der Waals surface area contributed by atoms with Gasteiger partial charge in [0.2, 0.25) is 5.91 Å². The van der Waals surface area contributed by atoms with Crippen molar-refractivity contribution in [2.75, 3.05) is 41.8 Å². The van der Waals surface area contributed by atoms with Gasteiger partial charge in [-0.3, -0.25) is 19.4 Å². The normalized spacial score (nSPS) is 22.1. The van der Waals surface area contributed by atoms with Crippen molar-refractivity contribution < 1.29 is 14.4 Å². The number of benzene rings is 2. The van der Waals surface area contributed by atoms with Crippen LogP contribution in [0.25, 0.3) is 0 Å². The van der Waals surface area contributed by atoms with E-state index < -0.39 is 5.41 Å². The summed E-state index contributed by atoms with van der Waals surface area (Å²) < 4.78 is 0. The second-order valence-electron chi connectivity index (χ2n) is 12.9. The van der Waals surface area contributed by atoms with Gasteiger partial charge in [0.15, 0.2) is 0 Å². The number of hydrogen-bond donors (Lipinski definition) is 2. The van der Waals surface area contributed by atoms with Crippen LogP contribution < -0.4 is 11.1 Å². The van der Waals surface area contributed by atoms with E-state index in [1.54, 1.807) is 49.9 Å². The molecule has 3 aliphatic rings. The number of fused-ring (bicyclic) bond motifs is 3. The predicted octanol–water partition coefficient (Wildman–Crippen LogP) is 2.34. The summed E-state index contributed by atoms with van der Waals surface area (Å²) in [6.07, 6.45) is 3.54. The zero-order valence-corrected chi connectivity index (χ0v) is 26.6. The van der Waals surface area contributed by atoms with Crippen molar-refractivity contribution in [2.24, 2.45) is 16.6 Å². The van der Waals surface area contributed by atoms with E-state index in [1.165, 1.54) is 0 Å². The van der Waals surface area contributed by atoms with Crippen molar-refractivity contribution in [2.45, 2.75) is 62.6 Å². The molecule has 1 heterocycles. The number of nitrogens with zero attached hydrogens (tertiary/aromatic N) is 5. The molecule has 2 aromatic rings. The number of nitrogens with two attached hydrogens (primary N) is 1. The van der Waals surface area contributed by atoms with Gasteiger partial charge in [-0.05, 0) is 91.5 Å². The number of nitrogens with one attached hydrogen (secondary N) is 1. The Balaban J connectivity index is 1.55. The smallest absolute Gasteiger partial charge is 0.253 e. The molecule has 0 aromatic heterocycles. The fourth-order valence-corrected chi connectivity index (χ4v) is 7.24. The van der Waals surface area contributed by atoms with Crippen molar-refractivity contribution in [3.63, 3.8) is 0 Å². The maximum absolute atomic E-state index is 13.3. The lowest BCUT2D eigenvalue weighted by Gasteiger charge is -2.38. The van der Waals surface area contributed by atoms with E-state index in [0.717, 1.165) is 35.1 Å². The number of carbonyl (C=O) groups excluding carboxylic acids is 3. The van der Waals surface area contributed by atoms with E-state index in [4.69, 9.17) is 5.73 Å². The molecule has 44 heavy (non-hydrogen) atoms. The first-order chi connectivity index (χ1) is 20.9. The molecule has 0 unspecified atom stereocenters. The molecule has 2 aromatic carbocycles. The Bertz CT molecular complexity index is 1480. The number of aryl methyl sites for hydroxylation is 2. The first-order valence-corrected chi connectivity index (χ1v) is 15.3. The molecule has 1 saturated carbocycles. The number of piperidine rings is 1. The monoisotopic (exact) mass is 597 g/mol. The summed E-state index contributed by atoms with van der Waals surface area (Å²) >= 11 is 0. The first kappa shape index (κ1) is 31.2. The molecule has 10 nitrogen and oxygen atoms in total. The molecule has 2 aliphatic carbocycles. The number of rotatable bonds is 8. The van der Waals surface area contributed by atoms with Crippen LogP contribution in [0.2, 0.25) is 0 Å². The van der Waals surface area contributed by atoms with Crippen molar-refractivity contribution in [1.82, 2.24) is 20.0 Å². The number of likely N-dealkylation sites (tertiary alicyclic amines) is 1. The SMILES string of the molecule is CN=C(N)C1(C[C@H](C)NCC(=O)N2[C@H](C#N)C[C@@H]3C[C@@H]32)c2ccc(C(=O)N(C)C)cc2CCc2cc(C(=O)N(C)C)ccc21. The lowest BCUT2D eigenvalue weighted by Crippen LogP contribution is -2.49. The summed E-state index contributed by atoms with van der Waals surface area (Å²) in [6, 6.07) is 13.5. The van der Waals surface area contributed by atoms with Gasteiger partial charge in [-0.2, -0.15) is 5.26 Å². The summed E-state index contributed by atoms with van der Waals surface area (Å²) in [4.78, 5) is 48.6. The molecule has 10 heteroatoms. The highest BCUT2D eigenvalue weighted by Crippen LogP contribution is 2.48. The van der Waals surface area contributed by atoms with Gasteiger partial charge in [-0.1, -0.05) is 12.1 Å². The summed E-state index contributed by atoms with van der Waals surface area (Å²) in [7, 11) is 8.62. The molecule has 3 N–H and O–H groups in total. The van der Waals surface area contributed by atoms with E-state index in [-0.39, 0.29) is 42.4 Å². The number of aliphatic imine (C=N–C) groups is 1. The zero-order valence-electron chi connectivity index (χ0n) is 26.6. The van der Waals surface area contributed by atoms with Gasteiger partial charge in [0.1, 0.15) is 11.9 Å². The second kappa shape index (κ2) is 12.0. The lowest BCUT2D eigenvalue weighted by molar-refractivity contribution is -0.131. The maximum atomic E-state index is 13.3. The summed E-state index contributed by atoms with van der Waals surface area (Å²) in [6.45, 7) is 2.15. The molecule has 1 aliphatic heterocycles. The summed E-state index contributed by atoms with van der Waals surface area (Å²) in [5, 5.41) is 13.0. The summed E-state index contributed by atoms with van der Waals surface area (Å²) in [5.41, 5.74) is 11.1. The average molecular weight is 598 g/mol. The molecule has 5 rings (SSSR count). The molecule has 0 bridgehead atoms. The van der Waals surface area contributed by atoms with E-state index in [9.17, 15) is 19.6 Å². The van der Waals surface area contributed by atoms with Gasteiger partial charge < -0.3 is 25.8 Å². The Labute approximate surface area is 259 Å². The Hall–Kier alpha value is -4.23. The van der Waals surface area contributed by atoms with Crippen molar-refractivity contribution in [3.8, 4) is 6.07 Å². The van der Waals surface area contributed by atoms with Gasteiger partial charge in [-0.15, -0.1) is 0 Å². The predicted molar refractivity (Wildman–Crippen MR) is 169 cm³/mol. The standard InChI is InChI=1S/C34H43N7O3/c1-20(38-19-30(42)41-26(18-35)15-25-16-29(25)41)17-34(33(36)37-2)27-11-9-23(31(43)39(3)4)13-21(27)7-8-22-14-24(10-12-28(22)34)32(44)40(5)6/h9-14,20,25-26,29,38H,7-8,15-17,19H2,1-6H3,(H2,36,37)/t20-,25+,26-,29-/m0/s1. The molecule has 3 amide bonds. The fourth-order valence-electron chi connectivity index (χ4n) is 7.24. The molecular weight excluding hydrogens is 554 g/mol. The maximum Gasteiger partial charge on any atom is 0.253 e. The van der Waals surface area contributed by atoms with Crippen LogP contribution in [-0.2, 0) is 23.1 Å². The van der Waals surface area contributed by atoms with Crippen LogP contribution in [0, 0.1) is 17.2 Å². The zero-order chi connectivity index (χ0) is 31.9. The third kappa shape index (κ3) is 5.45. The third-order valence-corrected chi connectivity index (χ3v) is 9.53. The number of hydrogen-bond acceptors (Lipinski definition) is 6. The van der Waals surface area contributed by atoms with E-state index in [0.29, 0.717) is 42.1 Å². The quantitative estimate of drug-likeness (QED) is 0.354. The van der Waals surface area contributed by atoms with Gasteiger partial charge >= 0.3 is 0 Å². The molecule has 1 saturated heterocycles. The molecule has 0 radical (unpaired) electrons. The van der Waals surface area contributed by atoms with Gasteiger partial charge in [-0.25, -0.2) is 0 Å². The topological polar surface area (TPSA) is 135 Å². The minimum Gasteiger partial charge on any atom is -0.386 e. The molecule has 0 spiro atoms. The van der Waals surface area contributed by atoms with E-state index >= 15 is 0 Å². The Kier molecular flexibility index (Phi) is 8.54. The number of amidine groups is 1. The highest BCUT2D eigenvalue weighted by Gasteiger charge is 2.54. The molecule has 232 valence electrons. The minimum absolute atomic E-state index is 0.0556. The summed E-state index contributed by atoms with van der Waals surface area (Å²) in [5.74, 6) is 0.655. The number of nitriles is 1. The molecular formula is C34H43N7O3. The number of carbonyl (C=O) groups is 3. The Morgan fingerprint density at radius 1 is 1.02 bits per heavy atom. The van der Waals surface area contributed by atoms with Crippen LogP contribution in [0.4, 0.5) is 0 Å². The van der Waals surface area contributed by atoms with Crippen molar-refractivity contribution >= 4 is 23.6 Å². The second-order valence-corrected chi connectivity index (χ2v) is 12.9. The van der Waals surface area contributed by atoms with Crippen LogP contribution >= 0.6 is 0 Å².